The van der Waals surface area contributed by atoms with Crippen LogP contribution in [0.25, 0.3) is 0 Å². The molecule has 2 rings (SSSR count). The quantitative estimate of drug-likeness (QED) is 0.861. The predicted molar refractivity (Wildman–Crippen MR) is 81.1 cm³/mol. The van der Waals surface area contributed by atoms with Crippen molar-refractivity contribution in [1.29, 1.82) is 0 Å². The molecule has 1 amide bonds. The minimum atomic E-state index is -0.869. The number of likely N-dealkylation sites (tertiary alicyclic amines) is 2. The van der Waals surface area contributed by atoms with Crippen molar-refractivity contribution in [2.24, 2.45) is 5.41 Å². The monoisotopic (exact) mass is 296 g/mol. The second-order valence-electron chi connectivity index (χ2n) is 7.07. The van der Waals surface area contributed by atoms with E-state index in [-0.39, 0.29) is 5.91 Å². The lowest BCUT2D eigenvalue weighted by molar-refractivity contribution is -0.152. The zero-order valence-corrected chi connectivity index (χ0v) is 13.3. The largest absolute Gasteiger partial charge is 0.480 e. The molecule has 0 radical (unpaired) electrons. The first kappa shape index (κ1) is 16.3. The first-order chi connectivity index (χ1) is 9.92. The normalized spacial score (nSPS) is 24.9. The summed E-state index contributed by atoms with van der Waals surface area (Å²) in [5, 5.41) is 9.25. The molecule has 0 saturated carbocycles. The van der Waals surface area contributed by atoms with E-state index in [1.807, 2.05) is 13.8 Å². The zero-order chi connectivity index (χ0) is 15.5. The molecule has 0 aliphatic carbocycles. The fraction of sp³-hybridized carbons (Fsp3) is 0.875. The lowest BCUT2D eigenvalue weighted by Crippen LogP contribution is -2.50. The van der Waals surface area contributed by atoms with Gasteiger partial charge in [0.1, 0.15) is 6.04 Å². The highest BCUT2D eigenvalue weighted by atomic mass is 16.4. The number of carbonyl (C=O) groups excluding carboxylic acids is 1. The van der Waals surface area contributed by atoms with E-state index in [9.17, 15) is 14.7 Å². The second-order valence-corrected chi connectivity index (χ2v) is 7.07. The highest BCUT2D eigenvalue weighted by Gasteiger charge is 2.41. The van der Waals surface area contributed by atoms with Gasteiger partial charge in [-0.1, -0.05) is 12.8 Å². The van der Waals surface area contributed by atoms with Crippen LogP contribution in [0.15, 0.2) is 0 Å². The van der Waals surface area contributed by atoms with Gasteiger partial charge in [0.15, 0.2) is 0 Å². The molecule has 2 fully saturated rings. The van der Waals surface area contributed by atoms with E-state index >= 15 is 0 Å². The highest BCUT2D eigenvalue weighted by molar-refractivity contribution is 5.87. The Bertz CT molecular complexity index is 387. The van der Waals surface area contributed by atoms with Crippen LogP contribution < -0.4 is 0 Å². The third kappa shape index (κ3) is 3.96. The number of carboxylic acids is 1. The second kappa shape index (κ2) is 6.77. The number of rotatable bonds is 4. The number of hydrogen-bond acceptors (Lipinski definition) is 3. The maximum Gasteiger partial charge on any atom is 0.326 e. The number of nitrogens with zero attached hydrogens (tertiary/aromatic N) is 2. The van der Waals surface area contributed by atoms with Crippen LogP contribution in [-0.2, 0) is 9.59 Å². The molecule has 1 N–H and O–H groups in total. The van der Waals surface area contributed by atoms with Crippen molar-refractivity contribution in [2.45, 2.75) is 58.4 Å². The molecule has 1 unspecified atom stereocenters. The molecule has 5 nitrogen and oxygen atoms in total. The van der Waals surface area contributed by atoms with Gasteiger partial charge in [0.05, 0.1) is 5.41 Å². The molecule has 0 bridgehead atoms. The fourth-order valence-corrected chi connectivity index (χ4v) is 3.58. The van der Waals surface area contributed by atoms with E-state index in [4.69, 9.17) is 0 Å². The number of amides is 1. The van der Waals surface area contributed by atoms with Gasteiger partial charge in [0.2, 0.25) is 5.91 Å². The van der Waals surface area contributed by atoms with Gasteiger partial charge < -0.3 is 14.9 Å². The van der Waals surface area contributed by atoms with E-state index in [1.54, 1.807) is 4.90 Å². The third-order valence-electron chi connectivity index (χ3n) is 4.70. The first-order valence-corrected chi connectivity index (χ1v) is 8.18. The topological polar surface area (TPSA) is 60.9 Å². The summed E-state index contributed by atoms with van der Waals surface area (Å²) in [7, 11) is 0. The summed E-state index contributed by atoms with van der Waals surface area (Å²) in [6.45, 7) is 7.33. The van der Waals surface area contributed by atoms with Crippen molar-refractivity contribution in [3.8, 4) is 0 Å². The Balaban J connectivity index is 2.00. The molecule has 5 heteroatoms. The van der Waals surface area contributed by atoms with Gasteiger partial charge in [-0.3, -0.25) is 4.79 Å². The van der Waals surface area contributed by atoms with Crippen molar-refractivity contribution >= 4 is 11.9 Å². The first-order valence-electron chi connectivity index (χ1n) is 8.18. The average molecular weight is 296 g/mol. The van der Waals surface area contributed by atoms with Gasteiger partial charge >= 0.3 is 5.97 Å². The van der Waals surface area contributed by atoms with E-state index < -0.39 is 17.4 Å². The molecular weight excluding hydrogens is 268 g/mol. The van der Waals surface area contributed by atoms with E-state index in [2.05, 4.69) is 4.90 Å². The molecule has 1 atom stereocenters. The third-order valence-corrected chi connectivity index (χ3v) is 4.70. The number of carbonyl (C=O) groups is 2. The van der Waals surface area contributed by atoms with Gasteiger partial charge in [-0.25, -0.2) is 4.79 Å². The molecule has 0 aromatic rings. The van der Waals surface area contributed by atoms with Gasteiger partial charge in [-0.05, 0) is 52.6 Å². The van der Waals surface area contributed by atoms with E-state index in [1.165, 1.54) is 25.7 Å². The summed E-state index contributed by atoms with van der Waals surface area (Å²) >= 11 is 0. The average Bonchev–Trinajstić information content (AvgIpc) is 2.77. The van der Waals surface area contributed by atoms with Gasteiger partial charge in [0, 0.05) is 13.1 Å². The Morgan fingerprint density at radius 2 is 1.67 bits per heavy atom. The predicted octanol–water partition coefficient (Wildman–Crippen LogP) is 1.96. The van der Waals surface area contributed by atoms with Crippen molar-refractivity contribution in [2.75, 3.05) is 26.2 Å². The summed E-state index contributed by atoms with van der Waals surface area (Å²) < 4.78 is 0. The summed E-state index contributed by atoms with van der Waals surface area (Å²) in [5.74, 6) is -0.872. The van der Waals surface area contributed by atoms with Crippen LogP contribution in [0.1, 0.15) is 52.4 Å². The van der Waals surface area contributed by atoms with E-state index in [0.717, 1.165) is 26.1 Å². The van der Waals surface area contributed by atoms with Gasteiger partial charge in [0.25, 0.3) is 0 Å². The molecule has 2 aliphatic heterocycles. The van der Waals surface area contributed by atoms with Crippen molar-refractivity contribution < 1.29 is 14.7 Å². The zero-order valence-electron chi connectivity index (χ0n) is 13.3. The SMILES string of the molecule is CC(C)(CN1CCCCCC1)C(=O)N1CCCC1C(=O)O. The van der Waals surface area contributed by atoms with Crippen LogP contribution in [0.3, 0.4) is 0 Å². The molecule has 120 valence electrons. The van der Waals surface area contributed by atoms with Crippen molar-refractivity contribution in [1.82, 2.24) is 9.80 Å². The number of hydrogen-bond donors (Lipinski definition) is 1. The Hall–Kier alpha value is -1.10. The Morgan fingerprint density at radius 1 is 1.05 bits per heavy atom. The summed E-state index contributed by atoms with van der Waals surface area (Å²) in [4.78, 5) is 28.0. The van der Waals surface area contributed by atoms with Crippen molar-refractivity contribution in [3.63, 3.8) is 0 Å². The Labute approximate surface area is 127 Å². The van der Waals surface area contributed by atoms with Gasteiger partial charge in [-0.15, -0.1) is 0 Å². The molecule has 21 heavy (non-hydrogen) atoms. The summed E-state index contributed by atoms with van der Waals surface area (Å²) in [6, 6.07) is -0.624. The maximum atomic E-state index is 12.8. The van der Waals surface area contributed by atoms with Crippen LogP contribution in [0.4, 0.5) is 0 Å². The number of carboxylic acid groups (broad SMARTS) is 1. The Morgan fingerprint density at radius 3 is 2.24 bits per heavy atom. The fourth-order valence-electron chi connectivity index (χ4n) is 3.58. The van der Waals surface area contributed by atoms with Gasteiger partial charge in [-0.2, -0.15) is 0 Å². The lowest BCUT2D eigenvalue weighted by Gasteiger charge is -2.35. The van der Waals surface area contributed by atoms with Crippen LogP contribution >= 0.6 is 0 Å². The summed E-state index contributed by atoms with van der Waals surface area (Å²) in [5.41, 5.74) is -0.512. The molecule has 2 saturated heterocycles. The lowest BCUT2D eigenvalue weighted by atomic mass is 9.90. The molecule has 0 aromatic carbocycles. The van der Waals surface area contributed by atoms with Crippen molar-refractivity contribution in [3.05, 3.63) is 0 Å². The molecule has 2 heterocycles. The van der Waals surface area contributed by atoms with Crippen LogP contribution in [0.5, 0.6) is 0 Å². The summed E-state index contributed by atoms with van der Waals surface area (Å²) in [6.07, 6.45) is 6.33. The van der Waals surface area contributed by atoms with Crippen LogP contribution in [-0.4, -0.2) is 59.0 Å². The minimum Gasteiger partial charge on any atom is -0.480 e. The van der Waals surface area contributed by atoms with Crippen LogP contribution in [0, 0.1) is 5.41 Å². The maximum absolute atomic E-state index is 12.8. The molecule has 0 spiro atoms. The smallest absolute Gasteiger partial charge is 0.326 e. The molecule has 2 aliphatic rings. The number of aliphatic carboxylic acids is 1. The molecular formula is C16H28N2O3. The molecule has 0 aromatic heterocycles. The standard InChI is InChI=1S/C16H28N2O3/c1-16(2,12-17-9-5-3-4-6-10-17)15(21)18-11-7-8-13(18)14(19)20/h13H,3-12H2,1-2H3,(H,19,20). The highest BCUT2D eigenvalue weighted by Crippen LogP contribution is 2.27. The van der Waals surface area contributed by atoms with E-state index in [0.29, 0.717) is 13.0 Å². The van der Waals surface area contributed by atoms with Crippen LogP contribution in [0.2, 0.25) is 0 Å². The minimum absolute atomic E-state index is 0.00310. The Kier molecular flexibility index (Phi) is 5.25.